The van der Waals surface area contributed by atoms with Crippen LogP contribution in [0.1, 0.15) is 41.0 Å². The van der Waals surface area contributed by atoms with Crippen LogP contribution in [0.5, 0.6) is 0 Å². The topological polar surface area (TPSA) is 26.3 Å². The number of aryl methyl sites for hydroxylation is 1. The van der Waals surface area contributed by atoms with E-state index in [0.717, 1.165) is 12.8 Å². The van der Waals surface area contributed by atoms with Crippen LogP contribution in [0.3, 0.4) is 0 Å². The van der Waals surface area contributed by atoms with Gasteiger partial charge in [-0.05, 0) is 56.6 Å². The molecule has 1 aromatic heterocycles. The van der Waals surface area contributed by atoms with Crippen molar-refractivity contribution in [3.05, 3.63) is 21.4 Å². The van der Waals surface area contributed by atoms with E-state index in [4.69, 9.17) is 4.74 Å². The van der Waals surface area contributed by atoms with Gasteiger partial charge in [-0.15, -0.1) is 11.3 Å². The fraction of sp³-hybridized carbons (Fsp3) is 0.643. The van der Waals surface area contributed by atoms with Crippen LogP contribution in [-0.2, 0) is 16.0 Å². The first-order chi connectivity index (χ1) is 8.19. The molecule has 0 saturated heterocycles. The molecule has 0 N–H and O–H groups in total. The summed E-state index contributed by atoms with van der Waals surface area (Å²) in [6, 6.07) is 2.33. The third-order valence-electron chi connectivity index (χ3n) is 4.10. The van der Waals surface area contributed by atoms with Gasteiger partial charge < -0.3 is 4.74 Å². The van der Waals surface area contributed by atoms with Gasteiger partial charge in [0.05, 0.1) is 12.5 Å². The zero-order valence-electron chi connectivity index (χ0n) is 10.4. The summed E-state index contributed by atoms with van der Waals surface area (Å²) >= 11 is 1.93. The van der Waals surface area contributed by atoms with Crippen LogP contribution in [0.15, 0.2) is 6.07 Å². The minimum atomic E-state index is 0.0247. The number of fused-ring (bicyclic) bond motifs is 3. The van der Waals surface area contributed by atoms with E-state index in [1.807, 2.05) is 18.3 Å². The number of ether oxygens (including phenoxy) is 1. The minimum Gasteiger partial charge on any atom is -0.466 e. The summed E-state index contributed by atoms with van der Waals surface area (Å²) < 4.78 is 5.15. The van der Waals surface area contributed by atoms with Crippen molar-refractivity contribution in [2.75, 3.05) is 6.61 Å². The molecule has 1 aromatic rings. The van der Waals surface area contributed by atoms with E-state index in [-0.39, 0.29) is 11.9 Å². The Balaban J connectivity index is 1.76. The first-order valence-electron chi connectivity index (χ1n) is 6.45. The Bertz CT molecular complexity index is 449. The van der Waals surface area contributed by atoms with Crippen molar-refractivity contribution in [2.24, 2.45) is 11.8 Å². The van der Waals surface area contributed by atoms with Crippen LogP contribution in [0.25, 0.3) is 0 Å². The first kappa shape index (κ1) is 11.3. The molecular weight excluding hydrogens is 232 g/mol. The fourth-order valence-corrected chi connectivity index (χ4v) is 4.73. The first-order valence-corrected chi connectivity index (χ1v) is 7.26. The molecule has 3 rings (SSSR count). The molecule has 0 radical (unpaired) electrons. The zero-order valence-corrected chi connectivity index (χ0v) is 11.2. The molecule has 2 aliphatic carbocycles. The second-order valence-corrected chi connectivity index (χ2v) is 6.53. The molecule has 0 aromatic carbocycles. The highest BCUT2D eigenvalue weighted by Crippen LogP contribution is 2.53. The Hall–Kier alpha value is -0.830. The molecular formula is C14H18O2S. The smallest absolute Gasteiger partial charge is 0.308 e. The Morgan fingerprint density at radius 3 is 3.12 bits per heavy atom. The number of esters is 1. The third-order valence-corrected chi connectivity index (χ3v) is 5.32. The van der Waals surface area contributed by atoms with Gasteiger partial charge in [0.2, 0.25) is 0 Å². The normalized spacial score (nSPS) is 30.1. The number of hydrogen-bond acceptors (Lipinski definition) is 3. The van der Waals surface area contributed by atoms with Gasteiger partial charge in [-0.1, -0.05) is 0 Å². The molecule has 0 bridgehead atoms. The lowest BCUT2D eigenvalue weighted by molar-refractivity contribution is -0.147. The Kier molecular flexibility index (Phi) is 2.74. The van der Waals surface area contributed by atoms with Crippen LogP contribution in [0.2, 0.25) is 0 Å². The van der Waals surface area contributed by atoms with Crippen LogP contribution in [0.4, 0.5) is 0 Å². The average molecular weight is 250 g/mol. The lowest BCUT2D eigenvalue weighted by Gasteiger charge is -2.09. The molecule has 3 heteroatoms. The number of hydrogen-bond donors (Lipinski definition) is 0. The maximum absolute atomic E-state index is 11.8. The van der Waals surface area contributed by atoms with E-state index in [2.05, 4.69) is 13.0 Å². The summed E-state index contributed by atoms with van der Waals surface area (Å²) in [6.07, 6.45) is 3.22. The number of carbonyl (C=O) groups excluding carboxylic acids is 1. The van der Waals surface area contributed by atoms with Gasteiger partial charge in [0.25, 0.3) is 0 Å². The number of thiophene rings is 1. The number of carbonyl (C=O) groups is 1. The second-order valence-electron chi connectivity index (χ2n) is 5.24. The van der Waals surface area contributed by atoms with Crippen molar-refractivity contribution in [1.29, 1.82) is 0 Å². The largest absolute Gasteiger partial charge is 0.466 e. The molecule has 3 unspecified atom stereocenters. The maximum Gasteiger partial charge on any atom is 0.308 e. The minimum absolute atomic E-state index is 0.0247. The molecule has 1 heterocycles. The van der Waals surface area contributed by atoms with Gasteiger partial charge in [0.15, 0.2) is 0 Å². The highest BCUT2D eigenvalue weighted by Gasteiger charge is 2.44. The number of rotatable bonds is 2. The summed E-state index contributed by atoms with van der Waals surface area (Å²) in [5.41, 5.74) is 1.55. The van der Waals surface area contributed by atoms with Crippen molar-refractivity contribution < 1.29 is 9.53 Å². The molecule has 17 heavy (non-hydrogen) atoms. The summed E-state index contributed by atoms with van der Waals surface area (Å²) in [4.78, 5) is 14.7. The van der Waals surface area contributed by atoms with Crippen molar-refractivity contribution in [3.63, 3.8) is 0 Å². The summed E-state index contributed by atoms with van der Waals surface area (Å²) in [7, 11) is 0. The standard InChI is InChI=1S/C14H18O2S/c1-3-16-14(15)11-6-9-5-10-4-8(2)17-13(10)12(9)7-11/h4,9,11-12H,3,5-7H2,1-2H3. The van der Waals surface area contributed by atoms with Crippen LogP contribution >= 0.6 is 11.3 Å². The Morgan fingerprint density at radius 2 is 2.35 bits per heavy atom. The van der Waals surface area contributed by atoms with Gasteiger partial charge in [-0.3, -0.25) is 4.79 Å². The average Bonchev–Trinajstić information content (AvgIpc) is 2.88. The summed E-state index contributed by atoms with van der Waals surface area (Å²) in [5, 5.41) is 0. The van der Waals surface area contributed by atoms with E-state index in [1.165, 1.54) is 11.3 Å². The molecule has 2 nitrogen and oxygen atoms in total. The predicted molar refractivity (Wildman–Crippen MR) is 68.3 cm³/mol. The second kappa shape index (κ2) is 4.13. The lowest BCUT2D eigenvalue weighted by atomic mass is 10.0. The monoisotopic (exact) mass is 250 g/mol. The Morgan fingerprint density at radius 1 is 1.53 bits per heavy atom. The summed E-state index contributed by atoms with van der Waals surface area (Å²) in [5.74, 6) is 1.52. The molecule has 0 spiro atoms. The van der Waals surface area contributed by atoms with Gasteiger partial charge >= 0.3 is 5.97 Å². The molecule has 3 atom stereocenters. The quantitative estimate of drug-likeness (QED) is 0.753. The van der Waals surface area contributed by atoms with Crippen molar-refractivity contribution in [1.82, 2.24) is 0 Å². The highest BCUT2D eigenvalue weighted by molar-refractivity contribution is 7.12. The van der Waals surface area contributed by atoms with Gasteiger partial charge in [-0.2, -0.15) is 0 Å². The van der Waals surface area contributed by atoms with Crippen LogP contribution in [0, 0.1) is 18.8 Å². The maximum atomic E-state index is 11.8. The fourth-order valence-electron chi connectivity index (χ4n) is 3.46. The van der Waals surface area contributed by atoms with Crippen LogP contribution < -0.4 is 0 Å². The zero-order chi connectivity index (χ0) is 12.0. The van der Waals surface area contributed by atoms with E-state index >= 15 is 0 Å². The van der Waals surface area contributed by atoms with Gasteiger partial charge in [0.1, 0.15) is 0 Å². The molecule has 1 saturated carbocycles. The lowest BCUT2D eigenvalue weighted by Crippen LogP contribution is -2.15. The molecule has 0 aliphatic heterocycles. The molecule has 1 fully saturated rings. The van der Waals surface area contributed by atoms with Crippen molar-refractivity contribution in [2.45, 2.75) is 39.0 Å². The predicted octanol–water partition coefficient (Wildman–Crippen LogP) is 3.29. The van der Waals surface area contributed by atoms with E-state index in [1.54, 1.807) is 10.4 Å². The SMILES string of the molecule is CCOC(=O)C1CC2Cc3cc(C)sc3C2C1. The van der Waals surface area contributed by atoms with Crippen LogP contribution in [-0.4, -0.2) is 12.6 Å². The van der Waals surface area contributed by atoms with Crippen molar-refractivity contribution in [3.8, 4) is 0 Å². The molecule has 0 amide bonds. The Labute approximate surface area is 106 Å². The van der Waals surface area contributed by atoms with Gasteiger partial charge in [0, 0.05) is 9.75 Å². The highest BCUT2D eigenvalue weighted by atomic mass is 32.1. The third kappa shape index (κ3) is 1.81. The molecule has 2 aliphatic rings. The van der Waals surface area contributed by atoms with E-state index in [0.29, 0.717) is 18.4 Å². The van der Waals surface area contributed by atoms with E-state index < -0.39 is 0 Å². The van der Waals surface area contributed by atoms with E-state index in [9.17, 15) is 4.79 Å². The molecule has 92 valence electrons. The van der Waals surface area contributed by atoms with Gasteiger partial charge in [-0.25, -0.2) is 0 Å². The van der Waals surface area contributed by atoms with Crippen molar-refractivity contribution >= 4 is 17.3 Å². The summed E-state index contributed by atoms with van der Waals surface area (Å²) in [6.45, 7) is 4.57.